The van der Waals surface area contributed by atoms with Crippen molar-refractivity contribution in [1.29, 1.82) is 5.26 Å². The Balaban J connectivity index is 2.13. The molecule has 1 unspecified atom stereocenters. The molecule has 0 N–H and O–H groups in total. The highest BCUT2D eigenvalue weighted by Gasteiger charge is 2.36. The van der Waals surface area contributed by atoms with Crippen LogP contribution in [0.25, 0.3) is 0 Å². The predicted octanol–water partition coefficient (Wildman–Crippen LogP) is 1.89. The maximum absolute atomic E-state index is 9.01. The summed E-state index contributed by atoms with van der Waals surface area (Å²) >= 11 is 0. The van der Waals surface area contributed by atoms with E-state index >= 15 is 0 Å². The van der Waals surface area contributed by atoms with E-state index in [1.54, 1.807) is 0 Å². The monoisotopic (exact) mass is 258 g/mol. The number of piperazine rings is 1. The lowest BCUT2D eigenvalue weighted by atomic mass is 9.95. The molecule has 1 aliphatic rings. The first-order chi connectivity index (χ1) is 9.03. The third-order valence-corrected chi connectivity index (χ3v) is 4.04. The van der Waals surface area contributed by atoms with Gasteiger partial charge >= 0.3 is 0 Å². The maximum atomic E-state index is 9.01. The lowest BCUT2D eigenvalue weighted by Crippen LogP contribution is -2.61. The van der Waals surface area contributed by atoms with Crippen molar-refractivity contribution < 1.29 is 0 Å². The van der Waals surface area contributed by atoms with Gasteiger partial charge in [0.2, 0.25) is 0 Å². The first kappa shape index (κ1) is 14.0. The van der Waals surface area contributed by atoms with Crippen molar-refractivity contribution in [2.24, 2.45) is 0 Å². The number of aromatic nitrogens is 1. The minimum absolute atomic E-state index is 0.140. The summed E-state index contributed by atoms with van der Waals surface area (Å²) in [5, 5.41) is 9.01. The molecule has 0 aromatic carbocycles. The molecule has 102 valence electrons. The van der Waals surface area contributed by atoms with Crippen molar-refractivity contribution in [3.8, 4) is 6.07 Å². The zero-order valence-corrected chi connectivity index (χ0v) is 12.0. The second-order valence-electron chi connectivity index (χ2n) is 5.94. The standard InChI is InChI=1S/C15H22N4/c1-15(2)12-19(10-13-6-4-5-9-17-13)14(7-8-16)11-18(15)3/h4-6,9,14H,7,10-12H2,1-3H3. The summed E-state index contributed by atoms with van der Waals surface area (Å²) in [5.74, 6) is 0. The number of nitriles is 1. The van der Waals surface area contributed by atoms with Crippen molar-refractivity contribution >= 4 is 0 Å². The molecule has 0 saturated carbocycles. The average molecular weight is 258 g/mol. The third kappa shape index (κ3) is 3.31. The van der Waals surface area contributed by atoms with Gasteiger partial charge in [-0.2, -0.15) is 5.26 Å². The highest BCUT2D eigenvalue weighted by Crippen LogP contribution is 2.25. The van der Waals surface area contributed by atoms with Crippen LogP contribution in [0.2, 0.25) is 0 Å². The summed E-state index contributed by atoms with van der Waals surface area (Å²) in [4.78, 5) is 9.14. The summed E-state index contributed by atoms with van der Waals surface area (Å²) in [6.07, 6.45) is 2.41. The minimum Gasteiger partial charge on any atom is -0.298 e. The van der Waals surface area contributed by atoms with Gasteiger partial charge in [-0.1, -0.05) is 6.07 Å². The van der Waals surface area contributed by atoms with Crippen LogP contribution in [0.1, 0.15) is 26.0 Å². The van der Waals surface area contributed by atoms with Crippen molar-refractivity contribution in [1.82, 2.24) is 14.8 Å². The molecule has 0 amide bonds. The van der Waals surface area contributed by atoms with Crippen LogP contribution in [-0.4, -0.2) is 46.5 Å². The van der Waals surface area contributed by atoms with Crippen LogP contribution in [0.15, 0.2) is 24.4 Å². The molecule has 4 heteroatoms. The van der Waals surface area contributed by atoms with E-state index in [1.165, 1.54) is 0 Å². The van der Waals surface area contributed by atoms with Gasteiger partial charge in [0.1, 0.15) is 0 Å². The Morgan fingerprint density at radius 2 is 2.26 bits per heavy atom. The number of hydrogen-bond acceptors (Lipinski definition) is 4. The van der Waals surface area contributed by atoms with Gasteiger partial charge in [0.15, 0.2) is 0 Å². The molecule has 1 aromatic heterocycles. The van der Waals surface area contributed by atoms with Gasteiger partial charge in [-0.15, -0.1) is 0 Å². The third-order valence-electron chi connectivity index (χ3n) is 4.04. The Morgan fingerprint density at radius 3 is 2.89 bits per heavy atom. The van der Waals surface area contributed by atoms with Gasteiger partial charge in [0, 0.05) is 37.4 Å². The Hall–Kier alpha value is -1.44. The smallest absolute Gasteiger partial charge is 0.0638 e. The molecular weight excluding hydrogens is 236 g/mol. The van der Waals surface area contributed by atoms with Gasteiger partial charge in [0.05, 0.1) is 18.2 Å². The normalized spacial score (nSPS) is 24.0. The first-order valence-corrected chi connectivity index (χ1v) is 6.75. The Kier molecular flexibility index (Phi) is 4.18. The number of hydrogen-bond donors (Lipinski definition) is 0. The number of nitrogens with zero attached hydrogens (tertiary/aromatic N) is 4. The van der Waals surface area contributed by atoms with Gasteiger partial charge < -0.3 is 0 Å². The van der Waals surface area contributed by atoms with Crippen molar-refractivity contribution in [2.75, 3.05) is 20.1 Å². The van der Waals surface area contributed by atoms with E-state index in [9.17, 15) is 0 Å². The van der Waals surface area contributed by atoms with Crippen LogP contribution in [0.4, 0.5) is 0 Å². The summed E-state index contributed by atoms with van der Waals surface area (Å²) in [7, 11) is 2.14. The Labute approximate surface area is 115 Å². The molecule has 0 aliphatic carbocycles. The van der Waals surface area contributed by atoms with Crippen LogP contribution in [0, 0.1) is 11.3 Å². The van der Waals surface area contributed by atoms with Gasteiger partial charge in [-0.3, -0.25) is 14.8 Å². The SMILES string of the molecule is CN1CC(CC#N)N(Cc2ccccn2)CC1(C)C. The van der Waals surface area contributed by atoms with Gasteiger partial charge in [-0.25, -0.2) is 0 Å². The van der Waals surface area contributed by atoms with Gasteiger partial charge in [-0.05, 0) is 33.0 Å². The molecule has 1 saturated heterocycles. The Bertz CT molecular complexity index is 449. The van der Waals surface area contributed by atoms with E-state index < -0.39 is 0 Å². The fourth-order valence-electron chi connectivity index (χ4n) is 2.61. The number of likely N-dealkylation sites (N-methyl/N-ethyl adjacent to an activating group) is 1. The van der Waals surface area contributed by atoms with Crippen LogP contribution in [-0.2, 0) is 6.54 Å². The second kappa shape index (κ2) is 5.68. The lowest BCUT2D eigenvalue weighted by molar-refractivity contribution is -0.00475. The zero-order chi connectivity index (χ0) is 13.9. The minimum atomic E-state index is 0.140. The fraction of sp³-hybridized carbons (Fsp3) is 0.600. The first-order valence-electron chi connectivity index (χ1n) is 6.75. The van der Waals surface area contributed by atoms with E-state index in [4.69, 9.17) is 5.26 Å². The average Bonchev–Trinajstić information content (AvgIpc) is 2.37. The fourth-order valence-corrected chi connectivity index (χ4v) is 2.61. The number of rotatable bonds is 3. The molecule has 4 nitrogen and oxygen atoms in total. The quantitative estimate of drug-likeness (QED) is 0.830. The maximum Gasteiger partial charge on any atom is 0.0638 e. The molecule has 1 aliphatic heterocycles. The molecule has 0 radical (unpaired) electrons. The molecule has 1 atom stereocenters. The highest BCUT2D eigenvalue weighted by molar-refractivity contribution is 5.05. The molecule has 0 bridgehead atoms. The van der Waals surface area contributed by atoms with E-state index in [0.717, 1.165) is 25.3 Å². The highest BCUT2D eigenvalue weighted by atomic mass is 15.3. The summed E-state index contributed by atoms with van der Waals surface area (Å²) in [6.45, 7) is 7.23. The van der Waals surface area contributed by atoms with Crippen molar-refractivity contribution in [2.45, 2.75) is 38.4 Å². The largest absolute Gasteiger partial charge is 0.298 e. The summed E-state index contributed by atoms with van der Waals surface area (Å²) in [5.41, 5.74) is 1.21. The molecular formula is C15H22N4. The van der Waals surface area contributed by atoms with Crippen LogP contribution < -0.4 is 0 Å². The van der Waals surface area contributed by atoms with Crippen molar-refractivity contribution in [3.63, 3.8) is 0 Å². The summed E-state index contributed by atoms with van der Waals surface area (Å²) < 4.78 is 0. The van der Waals surface area contributed by atoms with E-state index in [1.807, 2.05) is 18.3 Å². The van der Waals surface area contributed by atoms with Crippen LogP contribution in [0.3, 0.4) is 0 Å². The van der Waals surface area contributed by atoms with Crippen LogP contribution >= 0.6 is 0 Å². The van der Waals surface area contributed by atoms with Crippen molar-refractivity contribution in [3.05, 3.63) is 30.1 Å². The lowest BCUT2D eigenvalue weighted by Gasteiger charge is -2.49. The summed E-state index contributed by atoms with van der Waals surface area (Å²) in [6, 6.07) is 8.61. The van der Waals surface area contributed by atoms with E-state index in [0.29, 0.717) is 12.5 Å². The topological polar surface area (TPSA) is 43.2 Å². The molecule has 19 heavy (non-hydrogen) atoms. The Morgan fingerprint density at radius 1 is 1.47 bits per heavy atom. The zero-order valence-electron chi connectivity index (χ0n) is 12.0. The van der Waals surface area contributed by atoms with Gasteiger partial charge in [0.25, 0.3) is 0 Å². The molecule has 2 rings (SSSR count). The second-order valence-corrected chi connectivity index (χ2v) is 5.94. The molecule has 1 aromatic rings. The van der Waals surface area contributed by atoms with E-state index in [2.05, 4.69) is 47.8 Å². The predicted molar refractivity (Wildman–Crippen MR) is 75.4 cm³/mol. The number of pyridine rings is 1. The van der Waals surface area contributed by atoms with Crippen LogP contribution in [0.5, 0.6) is 0 Å². The molecule has 1 fully saturated rings. The molecule has 0 spiro atoms. The van der Waals surface area contributed by atoms with E-state index in [-0.39, 0.29) is 5.54 Å². The molecule has 2 heterocycles.